The molecule has 1 nitrogen and oxygen atoms in total. The number of carbonyl (C=O) groups excluding carboxylic acids is 1. The highest BCUT2D eigenvalue weighted by Crippen LogP contribution is 2.32. The van der Waals surface area contributed by atoms with E-state index >= 15 is 0 Å². The number of Topliss-reactive ketones (excluding diaryl/α,β-unsaturated/α-hetero) is 1. The third kappa shape index (κ3) is 3.22. The van der Waals surface area contributed by atoms with Gasteiger partial charge in [-0.3, -0.25) is 4.79 Å². The van der Waals surface area contributed by atoms with Gasteiger partial charge < -0.3 is 0 Å². The van der Waals surface area contributed by atoms with Crippen LogP contribution in [0.25, 0.3) is 0 Å². The molecule has 0 radical (unpaired) electrons. The maximum Gasteiger partial charge on any atom is 0.167 e. The number of halogens is 2. The van der Waals surface area contributed by atoms with Crippen molar-refractivity contribution >= 4 is 40.0 Å². The van der Waals surface area contributed by atoms with E-state index in [-0.39, 0.29) is 11.7 Å². The maximum atomic E-state index is 12.4. The molecular formula is C14H16ClIO. The van der Waals surface area contributed by atoms with Crippen LogP contribution in [0.2, 0.25) is 5.02 Å². The minimum atomic E-state index is 0.207. The molecule has 1 fully saturated rings. The van der Waals surface area contributed by atoms with Crippen LogP contribution < -0.4 is 0 Å². The van der Waals surface area contributed by atoms with Gasteiger partial charge in [0, 0.05) is 20.1 Å². The fraction of sp³-hybridized carbons (Fsp3) is 0.500. The molecule has 0 atom stereocenters. The SMILES string of the molecule is CC1CCC(C(=O)c2cc(Cl)ccc2I)CC1. The minimum absolute atomic E-state index is 0.207. The van der Waals surface area contributed by atoms with Gasteiger partial charge in [0.05, 0.1) is 0 Å². The Morgan fingerprint density at radius 1 is 1.29 bits per heavy atom. The summed E-state index contributed by atoms with van der Waals surface area (Å²) >= 11 is 8.18. The molecule has 92 valence electrons. The molecule has 0 heterocycles. The largest absolute Gasteiger partial charge is 0.294 e. The molecule has 0 aliphatic heterocycles. The average Bonchev–Trinajstić information content (AvgIpc) is 2.32. The van der Waals surface area contributed by atoms with Crippen LogP contribution in [0.15, 0.2) is 18.2 Å². The van der Waals surface area contributed by atoms with Crippen LogP contribution in [-0.2, 0) is 0 Å². The predicted molar refractivity (Wildman–Crippen MR) is 79.6 cm³/mol. The van der Waals surface area contributed by atoms with Gasteiger partial charge in [0.1, 0.15) is 0 Å². The zero-order chi connectivity index (χ0) is 12.4. The van der Waals surface area contributed by atoms with Crippen molar-refractivity contribution < 1.29 is 4.79 Å². The Morgan fingerprint density at radius 3 is 2.59 bits per heavy atom. The van der Waals surface area contributed by atoms with Crippen molar-refractivity contribution in [1.29, 1.82) is 0 Å². The molecule has 1 saturated carbocycles. The number of hydrogen-bond donors (Lipinski definition) is 0. The van der Waals surface area contributed by atoms with Crippen LogP contribution in [0, 0.1) is 15.4 Å². The Labute approximate surface area is 121 Å². The second-order valence-electron chi connectivity index (χ2n) is 4.95. The molecule has 1 aromatic carbocycles. The summed E-state index contributed by atoms with van der Waals surface area (Å²) in [5.41, 5.74) is 0.803. The zero-order valence-corrected chi connectivity index (χ0v) is 12.8. The molecule has 0 amide bonds. The van der Waals surface area contributed by atoms with E-state index in [9.17, 15) is 4.79 Å². The number of hydrogen-bond acceptors (Lipinski definition) is 1. The molecule has 0 unspecified atom stereocenters. The Kier molecular flexibility index (Phi) is 4.47. The molecule has 0 aromatic heterocycles. The first-order valence-corrected chi connectivity index (χ1v) is 7.53. The van der Waals surface area contributed by atoms with Crippen molar-refractivity contribution in [3.8, 4) is 0 Å². The van der Waals surface area contributed by atoms with Crippen LogP contribution in [-0.4, -0.2) is 5.78 Å². The van der Waals surface area contributed by atoms with E-state index in [1.807, 2.05) is 18.2 Å². The van der Waals surface area contributed by atoms with Gasteiger partial charge in [-0.15, -0.1) is 0 Å². The molecule has 0 spiro atoms. The molecule has 1 aliphatic carbocycles. The van der Waals surface area contributed by atoms with Crippen molar-refractivity contribution in [2.24, 2.45) is 11.8 Å². The van der Waals surface area contributed by atoms with E-state index < -0.39 is 0 Å². The van der Waals surface area contributed by atoms with E-state index in [0.29, 0.717) is 5.02 Å². The second-order valence-corrected chi connectivity index (χ2v) is 6.54. The van der Waals surface area contributed by atoms with Gasteiger partial charge in [0.2, 0.25) is 0 Å². The lowest BCUT2D eigenvalue weighted by Crippen LogP contribution is -2.21. The highest BCUT2D eigenvalue weighted by molar-refractivity contribution is 14.1. The minimum Gasteiger partial charge on any atom is -0.294 e. The van der Waals surface area contributed by atoms with Gasteiger partial charge in [0.15, 0.2) is 5.78 Å². The van der Waals surface area contributed by atoms with Gasteiger partial charge in [0.25, 0.3) is 0 Å². The lowest BCUT2D eigenvalue weighted by molar-refractivity contribution is 0.0875. The summed E-state index contributed by atoms with van der Waals surface area (Å²) in [5.74, 6) is 1.26. The van der Waals surface area contributed by atoms with Crippen molar-refractivity contribution in [2.75, 3.05) is 0 Å². The Bertz CT molecular complexity index is 422. The van der Waals surface area contributed by atoms with Crippen LogP contribution >= 0.6 is 34.2 Å². The fourth-order valence-corrected chi connectivity index (χ4v) is 3.20. The van der Waals surface area contributed by atoms with E-state index in [2.05, 4.69) is 29.5 Å². The highest BCUT2D eigenvalue weighted by atomic mass is 127. The van der Waals surface area contributed by atoms with Crippen molar-refractivity contribution in [3.05, 3.63) is 32.4 Å². The van der Waals surface area contributed by atoms with E-state index in [0.717, 1.165) is 27.9 Å². The van der Waals surface area contributed by atoms with Gasteiger partial charge >= 0.3 is 0 Å². The quantitative estimate of drug-likeness (QED) is 0.537. The lowest BCUT2D eigenvalue weighted by atomic mass is 9.79. The number of rotatable bonds is 2. The third-order valence-corrected chi connectivity index (χ3v) is 4.76. The summed E-state index contributed by atoms with van der Waals surface area (Å²) in [5, 5.41) is 0.651. The van der Waals surface area contributed by atoms with Gasteiger partial charge in [-0.25, -0.2) is 0 Å². The number of carbonyl (C=O) groups is 1. The van der Waals surface area contributed by atoms with Crippen LogP contribution in [0.3, 0.4) is 0 Å². The monoisotopic (exact) mass is 362 g/mol. The van der Waals surface area contributed by atoms with E-state index in [1.54, 1.807) is 0 Å². The molecule has 1 aliphatic rings. The number of benzene rings is 1. The van der Waals surface area contributed by atoms with Gasteiger partial charge in [-0.2, -0.15) is 0 Å². The summed E-state index contributed by atoms with van der Waals surface area (Å²) in [6, 6.07) is 5.56. The highest BCUT2D eigenvalue weighted by Gasteiger charge is 2.26. The van der Waals surface area contributed by atoms with Crippen LogP contribution in [0.4, 0.5) is 0 Å². The molecule has 2 rings (SSSR count). The zero-order valence-electron chi connectivity index (χ0n) is 9.88. The first kappa shape index (κ1) is 13.3. The molecule has 1 aromatic rings. The first-order chi connectivity index (χ1) is 8.08. The summed E-state index contributed by atoms with van der Waals surface area (Å²) in [7, 11) is 0. The second kappa shape index (κ2) is 5.70. The van der Waals surface area contributed by atoms with Crippen LogP contribution in [0.1, 0.15) is 43.0 Å². The molecule has 17 heavy (non-hydrogen) atoms. The smallest absolute Gasteiger partial charge is 0.167 e. The lowest BCUT2D eigenvalue weighted by Gasteiger charge is -2.25. The van der Waals surface area contributed by atoms with E-state index in [4.69, 9.17) is 11.6 Å². The summed E-state index contributed by atoms with van der Waals surface area (Å²) in [6.45, 7) is 2.27. The molecule has 0 saturated heterocycles. The summed E-state index contributed by atoms with van der Waals surface area (Å²) < 4.78 is 1.01. The Hall–Kier alpha value is -0.0900. The first-order valence-electron chi connectivity index (χ1n) is 6.07. The third-order valence-electron chi connectivity index (χ3n) is 3.58. The van der Waals surface area contributed by atoms with Gasteiger partial charge in [-0.1, -0.05) is 31.4 Å². The topological polar surface area (TPSA) is 17.1 Å². The molecule has 3 heteroatoms. The average molecular weight is 363 g/mol. The molecule has 0 N–H and O–H groups in total. The maximum absolute atomic E-state index is 12.4. The summed E-state index contributed by atoms with van der Waals surface area (Å²) in [6.07, 6.45) is 4.41. The fourth-order valence-electron chi connectivity index (χ4n) is 2.43. The molecular weight excluding hydrogens is 347 g/mol. The van der Waals surface area contributed by atoms with Crippen molar-refractivity contribution in [3.63, 3.8) is 0 Å². The van der Waals surface area contributed by atoms with Crippen LogP contribution in [0.5, 0.6) is 0 Å². The summed E-state index contributed by atoms with van der Waals surface area (Å²) in [4.78, 5) is 12.4. The van der Waals surface area contributed by atoms with Gasteiger partial charge in [-0.05, 0) is 59.5 Å². The standard InChI is InChI=1S/C14H16ClIO/c1-9-2-4-10(5-3-9)14(17)12-8-11(15)6-7-13(12)16/h6-10H,2-5H2,1H3. The Morgan fingerprint density at radius 2 is 1.94 bits per heavy atom. The van der Waals surface area contributed by atoms with Crippen molar-refractivity contribution in [2.45, 2.75) is 32.6 Å². The predicted octanol–water partition coefficient (Wildman–Crippen LogP) is 4.95. The Balaban J connectivity index is 2.16. The van der Waals surface area contributed by atoms with Crippen molar-refractivity contribution in [1.82, 2.24) is 0 Å². The molecule has 0 bridgehead atoms. The normalized spacial score (nSPS) is 24.6. The number of ketones is 1. The van der Waals surface area contributed by atoms with E-state index in [1.165, 1.54) is 12.8 Å².